The zero-order valence-electron chi connectivity index (χ0n) is 19.9. The number of nitrogens with zero attached hydrogens (tertiary/aromatic N) is 3. The lowest BCUT2D eigenvalue weighted by molar-refractivity contribution is 0.601. The maximum Gasteiger partial charge on any atom is 0.261 e. The molecule has 5 aromatic rings. The van der Waals surface area contributed by atoms with Crippen molar-refractivity contribution in [2.24, 2.45) is 0 Å². The highest BCUT2D eigenvalue weighted by Crippen LogP contribution is 2.26. The molecule has 0 aliphatic heterocycles. The van der Waals surface area contributed by atoms with Gasteiger partial charge in [0, 0.05) is 28.8 Å². The average Bonchev–Trinajstić information content (AvgIpc) is 3.21. The second-order valence-corrected chi connectivity index (χ2v) is 11.3. The maximum absolute atomic E-state index is 12.9. The highest BCUT2D eigenvalue weighted by Gasteiger charge is 2.16. The van der Waals surface area contributed by atoms with E-state index in [0.29, 0.717) is 17.5 Å². The van der Waals surface area contributed by atoms with E-state index < -0.39 is 10.0 Å². The van der Waals surface area contributed by atoms with Gasteiger partial charge in [-0.1, -0.05) is 17.7 Å². The smallest absolute Gasteiger partial charge is 0.261 e. The Balaban J connectivity index is 1.29. The van der Waals surface area contributed by atoms with Gasteiger partial charge < -0.3 is 10.6 Å². The summed E-state index contributed by atoms with van der Waals surface area (Å²) >= 11 is 1.47. The summed E-state index contributed by atoms with van der Waals surface area (Å²) < 4.78 is 29.3. The van der Waals surface area contributed by atoms with Gasteiger partial charge in [-0.15, -0.1) is 11.3 Å². The van der Waals surface area contributed by atoms with Gasteiger partial charge in [0.2, 0.25) is 5.95 Å². The predicted octanol–water partition coefficient (Wildman–Crippen LogP) is 6.30. The Morgan fingerprint density at radius 1 is 0.722 bits per heavy atom. The maximum atomic E-state index is 12.9. The molecular weight excluding hydrogens is 492 g/mol. The van der Waals surface area contributed by atoms with E-state index in [0.717, 1.165) is 32.3 Å². The third-order valence-corrected chi connectivity index (χ3v) is 7.66. The molecule has 0 saturated heterocycles. The Labute approximate surface area is 213 Å². The van der Waals surface area contributed by atoms with Gasteiger partial charge in [0.05, 0.1) is 20.1 Å². The molecule has 0 atom stereocenters. The first kappa shape index (κ1) is 23.7. The van der Waals surface area contributed by atoms with Gasteiger partial charge in [-0.05, 0) is 75.4 Å². The van der Waals surface area contributed by atoms with E-state index in [1.165, 1.54) is 16.9 Å². The Kier molecular flexibility index (Phi) is 6.29. The van der Waals surface area contributed by atoms with Crippen molar-refractivity contribution in [2.75, 3.05) is 15.4 Å². The van der Waals surface area contributed by atoms with E-state index in [-0.39, 0.29) is 4.90 Å². The zero-order valence-corrected chi connectivity index (χ0v) is 21.5. The van der Waals surface area contributed by atoms with Crippen LogP contribution in [0.15, 0.2) is 77.7 Å². The van der Waals surface area contributed by atoms with Crippen molar-refractivity contribution in [3.63, 3.8) is 0 Å². The second kappa shape index (κ2) is 9.56. The van der Waals surface area contributed by atoms with Crippen molar-refractivity contribution in [1.29, 1.82) is 0 Å². The summed E-state index contributed by atoms with van der Waals surface area (Å²) in [6.45, 7) is 5.84. The van der Waals surface area contributed by atoms with Gasteiger partial charge in [-0.2, -0.15) is 4.98 Å². The average molecular weight is 517 g/mol. The van der Waals surface area contributed by atoms with Gasteiger partial charge >= 0.3 is 0 Å². The Bertz CT molecular complexity index is 1650. The lowest BCUT2D eigenvalue weighted by Gasteiger charge is -2.11. The van der Waals surface area contributed by atoms with E-state index >= 15 is 0 Å². The van der Waals surface area contributed by atoms with Crippen LogP contribution in [0.1, 0.15) is 16.3 Å². The molecule has 0 spiro atoms. The molecule has 8 nitrogen and oxygen atoms in total. The topological polar surface area (TPSA) is 109 Å². The molecule has 36 heavy (non-hydrogen) atoms. The van der Waals surface area contributed by atoms with Gasteiger partial charge in [0.15, 0.2) is 0 Å². The molecule has 0 aliphatic rings. The largest absolute Gasteiger partial charge is 0.340 e. The van der Waals surface area contributed by atoms with Crippen LogP contribution >= 0.6 is 11.3 Å². The van der Waals surface area contributed by atoms with Gasteiger partial charge in [-0.25, -0.2) is 18.4 Å². The van der Waals surface area contributed by atoms with Gasteiger partial charge in [-0.3, -0.25) is 4.72 Å². The minimum atomic E-state index is -3.74. The van der Waals surface area contributed by atoms with E-state index in [1.807, 2.05) is 51.1 Å². The van der Waals surface area contributed by atoms with Gasteiger partial charge in [0.1, 0.15) is 5.82 Å². The summed E-state index contributed by atoms with van der Waals surface area (Å²) in [5.74, 6) is 1.11. The van der Waals surface area contributed by atoms with E-state index in [4.69, 9.17) is 0 Å². The van der Waals surface area contributed by atoms with Crippen molar-refractivity contribution in [3.05, 3.63) is 89.1 Å². The summed E-state index contributed by atoms with van der Waals surface area (Å²) in [6.07, 6.45) is 0. The first-order chi connectivity index (χ1) is 17.2. The number of hydrogen-bond acceptors (Lipinski definition) is 8. The van der Waals surface area contributed by atoms with Gasteiger partial charge in [0.25, 0.3) is 10.0 Å². The summed E-state index contributed by atoms with van der Waals surface area (Å²) in [5.41, 5.74) is 4.90. The van der Waals surface area contributed by atoms with E-state index in [9.17, 15) is 8.42 Å². The number of anilines is 5. The first-order valence-corrected chi connectivity index (χ1v) is 13.5. The molecule has 3 aromatic carbocycles. The fourth-order valence-corrected chi connectivity index (χ4v) is 5.65. The molecule has 5 rings (SSSR count). The number of hydrogen-bond donors (Lipinski definition) is 3. The number of aromatic nitrogens is 3. The van der Waals surface area contributed by atoms with Crippen LogP contribution in [0.5, 0.6) is 0 Å². The first-order valence-electron chi connectivity index (χ1n) is 11.2. The number of sulfonamides is 1. The monoisotopic (exact) mass is 516 g/mol. The summed E-state index contributed by atoms with van der Waals surface area (Å²) in [6, 6.07) is 21.8. The summed E-state index contributed by atoms with van der Waals surface area (Å²) in [4.78, 5) is 13.6. The SMILES string of the molecule is Cc1ccc(Nc2cc(C)nc(Nc3ccc(NS(=O)(=O)c4ccc5nc(C)sc5c4)cc3)n2)cc1. The lowest BCUT2D eigenvalue weighted by Crippen LogP contribution is -2.12. The van der Waals surface area contributed by atoms with Crippen LogP contribution in [0, 0.1) is 20.8 Å². The predicted molar refractivity (Wildman–Crippen MR) is 146 cm³/mol. The Morgan fingerprint density at radius 3 is 2.14 bits per heavy atom. The normalized spacial score (nSPS) is 11.4. The lowest BCUT2D eigenvalue weighted by atomic mass is 10.2. The van der Waals surface area contributed by atoms with E-state index in [1.54, 1.807) is 42.5 Å². The fourth-order valence-electron chi connectivity index (χ4n) is 3.63. The van der Waals surface area contributed by atoms with Crippen LogP contribution in [-0.2, 0) is 10.0 Å². The molecule has 0 saturated carbocycles. The van der Waals surface area contributed by atoms with E-state index in [2.05, 4.69) is 30.3 Å². The number of fused-ring (bicyclic) bond motifs is 1. The van der Waals surface area contributed by atoms with Crippen LogP contribution in [0.4, 0.5) is 28.8 Å². The molecule has 2 heterocycles. The minimum Gasteiger partial charge on any atom is -0.340 e. The zero-order chi connectivity index (χ0) is 25.3. The van der Waals surface area contributed by atoms with Crippen LogP contribution in [0.3, 0.4) is 0 Å². The number of benzene rings is 3. The van der Waals surface area contributed by atoms with Crippen LogP contribution in [0.2, 0.25) is 0 Å². The van der Waals surface area contributed by atoms with Crippen LogP contribution in [0.25, 0.3) is 10.2 Å². The molecule has 2 aromatic heterocycles. The standard InChI is InChI=1S/C26H24N6O2S2/c1-16-4-6-19(7-5-16)29-25-14-17(2)27-26(31-25)30-20-8-10-21(11-9-20)32-36(33,34)22-12-13-23-24(15-22)35-18(3)28-23/h4-15,32H,1-3H3,(H2,27,29,30,31). The quantitative estimate of drug-likeness (QED) is 0.233. The Morgan fingerprint density at radius 2 is 1.39 bits per heavy atom. The highest BCUT2D eigenvalue weighted by atomic mass is 32.2. The van der Waals surface area contributed by atoms with Crippen molar-refractivity contribution in [3.8, 4) is 0 Å². The summed E-state index contributed by atoms with van der Waals surface area (Å²) in [7, 11) is -3.74. The third-order valence-electron chi connectivity index (χ3n) is 5.35. The molecule has 0 radical (unpaired) electrons. The number of aryl methyl sites for hydroxylation is 3. The van der Waals surface area contributed by atoms with Crippen LogP contribution < -0.4 is 15.4 Å². The van der Waals surface area contributed by atoms with Crippen molar-refractivity contribution in [1.82, 2.24) is 15.0 Å². The fraction of sp³-hybridized carbons (Fsp3) is 0.115. The minimum absolute atomic E-state index is 0.197. The molecule has 0 unspecified atom stereocenters. The molecule has 0 amide bonds. The van der Waals surface area contributed by atoms with Crippen molar-refractivity contribution < 1.29 is 8.42 Å². The molecular formula is C26H24N6O2S2. The molecule has 0 fully saturated rings. The van der Waals surface area contributed by atoms with Crippen molar-refractivity contribution in [2.45, 2.75) is 25.7 Å². The number of thiazole rings is 1. The summed E-state index contributed by atoms with van der Waals surface area (Å²) in [5, 5.41) is 7.36. The number of rotatable bonds is 7. The molecule has 0 aliphatic carbocycles. The Hall–Kier alpha value is -4.02. The third kappa shape index (κ3) is 5.45. The molecule has 3 N–H and O–H groups in total. The highest BCUT2D eigenvalue weighted by molar-refractivity contribution is 7.92. The second-order valence-electron chi connectivity index (χ2n) is 8.38. The van der Waals surface area contributed by atoms with Crippen molar-refractivity contribution >= 4 is 60.4 Å². The molecule has 182 valence electrons. The van der Waals surface area contributed by atoms with Crippen LogP contribution in [-0.4, -0.2) is 23.4 Å². The number of nitrogens with one attached hydrogen (secondary N) is 3. The molecule has 0 bridgehead atoms. The molecule has 10 heteroatoms.